The minimum atomic E-state index is -1.44. The number of ketones is 2. The van der Waals surface area contributed by atoms with Gasteiger partial charge in [-0.2, -0.15) is 0 Å². The molecule has 2 bridgehead atoms. The molecule has 4 aliphatic rings. The van der Waals surface area contributed by atoms with Crippen LogP contribution in [0.5, 0.6) is 0 Å². The molecule has 1 heterocycles. The molecule has 0 radical (unpaired) electrons. The minimum Gasteiger partial charge on any atom is -0.461 e. The zero-order chi connectivity index (χ0) is 25.4. The molecule has 0 aromatic rings. The van der Waals surface area contributed by atoms with Crippen molar-refractivity contribution in [2.75, 3.05) is 0 Å². The van der Waals surface area contributed by atoms with Gasteiger partial charge in [-0.1, -0.05) is 6.08 Å². The zero-order valence-electron chi connectivity index (χ0n) is 20.9. The van der Waals surface area contributed by atoms with Gasteiger partial charge in [0.25, 0.3) is 0 Å². The number of carbonyl (C=O) groups is 4. The van der Waals surface area contributed by atoms with Crippen LogP contribution >= 0.6 is 0 Å². The molecule has 0 amide bonds. The SMILES string of the molecule is C=C[C@]12CC(=O)C[C@H](O)[C@H]1[C@@H]1[C@H]3CC(=O)[C@@]1([C@H](OC(=O)C(C)(C)C)O3)[C@@H](OC(=O)C(C)(C)C)C2. The van der Waals surface area contributed by atoms with Gasteiger partial charge in [-0.15, -0.1) is 6.58 Å². The van der Waals surface area contributed by atoms with Crippen molar-refractivity contribution in [1.29, 1.82) is 0 Å². The Bertz CT molecular complexity index is 939. The van der Waals surface area contributed by atoms with Gasteiger partial charge in [0, 0.05) is 36.5 Å². The standard InChI is InChI=1S/C26H36O8/c1-8-25-11-13(27)9-14(28)18(25)19-15-10-16(29)26(19,17(12-25)33-20(30)23(2,3)4)22(32-15)34-21(31)24(5,6)7/h8,14-15,17-19,22,28H,1,9-12H2,2-7H3/t14-,15+,17-,18-,19-,22-,25+,26+/m0/s1. The van der Waals surface area contributed by atoms with Crippen LogP contribution in [-0.4, -0.2) is 53.2 Å². The van der Waals surface area contributed by atoms with E-state index in [4.69, 9.17) is 14.2 Å². The highest BCUT2D eigenvalue weighted by atomic mass is 16.7. The van der Waals surface area contributed by atoms with Crippen molar-refractivity contribution in [1.82, 2.24) is 0 Å². The molecular weight excluding hydrogens is 440 g/mol. The third kappa shape index (κ3) is 3.48. The average molecular weight is 477 g/mol. The maximum atomic E-state index is 13.7. The van der Waals surface area contributed by atoms with Gasteiger partial charge in [-0.3, -0.25) is 19.2 Å². The first-order valence-electron chi connectivity index (χ1n) is 12.0. The van der Waals surface area contributed by atoms with Crippen molar-refractivity contribution in [3.63, 3.8) is 0 Å². The van der Waals surface area contributed by atoms with Crippen LogP contribution in [0, 0.1) is 33.5 Å². The Labute approximate surface area is 200 Å². The molecule has 4 fully saturated rings. The van der Waals surface area contributed by atoms with E-state index in [2.05, 4.69) is 6.58 Å². The molecule has 1 N–H and O–H groups in total. The van der Waals surface area contributed by atoms with Crippen LogP contribution in [0.25, 0.3) is 0 Å². The van der Waals surface area contributed by atoms with E-state index in [0.29, 0.717) is 0 Å². The molecule has 34 heavy (non-hydrogen) atoms. The number of ether oxygens (including phenoxy) is 3. The molecule has 8 heteroatoms. The van der Waals surface area contributed by atoms with Crippen LogP contribution < -0.4 is 0 Å². The second kappa shape index (κ2) is 7.72. The second-order valence-electron chi connectivity index (χ2n) is 12.5. The van der Waals surface area contributed by atoms with Crippen LogP contribution in [0.2, 0.25) is 0 Å². The van der Waals surface area contributed by atoms with Gasteiger partial charge < -0.3 is 19.3 Å². The first-order chi connectivity index (χ1) is 15.6. The number of Topliss-reactive ketones (excluding diaryl/α,β-unsaturated/α-hetero) is 2. The summed E-state index contributed by atoms with van der Waals surface area (Å²) in [5.41, 5.74) is -3.98. The van der Waals surface area contributed by atoms with E-state index in [9.17, 15) is 24.3 Å². The van der Waals surface area contributed by atoms with E-state index in [0.717, 1.165) is 0 Å². The van der Waals surface area contributed by atoms with Crippen LogP contribution in [0.3, 0.4) is 0 Å². The number of carbonyl (C=O) groups excluding carboxylic acids is 4. The summed E-state index contributed by atoms with van der Waals surface area (Å²) in [4.78, 5) is 52.1. The molecule has 1 aliphatic heterocycles. The maximum Gasteiger partial charge on any atom is 0.313 e. The predicted molar refractivity (Wildman–Crippen MR) is 120 cm³/mol. The minimum absolute atomic E-state index is 0.0212. The number of aliphatic hydroxyl groups is 1. The summed E-state index contributed by atoms with van der Waals surface area (Å²) >= 11 is 0. The Kier molecular flexibility index (Phi) is 5.69. The second-order valence-corrected chi connectivity index (χ2v) is 12.5. The lowest BCUT2D eigenvalue weighted by Gasteiger charge is -2.57. The summed E-state index contributed by atoms with van der Waals surface area (Å²) in [6, 6.07) is 0. The van der Waals surface area contributed by atoms with Crippen LogP contribution in [-0.2, 0) is 33.4 Å². The largest absolute Gasteiger partial charge is 0.461 e. The number of aliphatic hydroxyl groups excluding tert-OH is 1. The fourth-order valence-corrected chi connectivity index (χ4v) is 6.50. The lowest BCUT2D eigenvalue weighted by molar-refractivity contribution is -0.235. The molecular formula is C26H36O8. The van der Waals surface area contributed by atoms with Gasteiger partial charge in [0.1, 0.15) is 17.3 Å². The summed E-state index contributed by atoms with van der Waals surface area (Å²) in [6.45, 7) is 14.2. The molecule has 0 aromatic carbocycles. The number of hydrogen-bond donors (Lipinski definition) is 1. The van der Waals surface area contributed by atoms with Gasteiger partial charge in [-0.25, -0.2) is 0 Å². The zero-order valence-corrected chi connectivity index (χ0v) is 20.9. The molecule has 0 unspecified atom stereocenters. The highest BCUT2D eigenvalue weighted by molar-refractivity contribution is 5.92. The Morgan fingerprint density at radius 1 is 1.03 bits per heavy atom. The number of esters is 2. The molecule has 4 rings (SSSR count). The van der Waals surface area contributed by atoms with Crippen LogP contribution in [0.15, 0.2) is 12.7 Å². The predicted octanol–water partition coefficient (Wildman–Crippen LogP) is 2.75. The fraction of sp³-hybridized carbons (Fsp3) is 0.769. The average Bonchev–Trinajstić information content (AvgIpc) is 3.15. The molecule has 3 saturated carbocycles. The fourth-order valence-electron chi connectivity index (χ4n) is 6.50. The Hall–Kier alpha value is -2.06. The van der Waals surface area contributed by atoms with Gasteiger partial charge in [0.2, 0.25) is 6.29 Å². The van der Waals surface area contributed by atoms with Gasteiger partial charge >= 0.3 is 11.9 Å². The van der Waals surface area contributed by atoms with Crippen molar-refractivity contribution >= 4 is 23.5 Å². The monoisotopic (exact) mass is 476 g/mol. The smallest absolute Gasteiger partial charge is 0.313 e. The summed E-state index contributed by atoms with van der Waals surface area (Å²) in [7, 11) is 0. The molecule has 188 valence electrons. The Morgan fingerprint density at radius 3 is 2.18 bits per heavy atom. The number of fused-ring (bicyclic) bond motifs is 1. The number of allylic oxidation sites excluding steroid dienone is 1. The highest BCUT2D eigenvalue weighted by Gasteiger charge is 2.79. The van der Waals surface area contributed by atoms with E-state index in [1.807, 2.05) is 0 Å². The van der Waals surface area contributed by atoms with Gasteiger partial charge in [0.15, 0.2) is 5.78 Å². The van der Waals surface area contributed by atoms with Crippen LogP contribution in [0.1, 0.15) is 67.2 Å². The van der Waals surface area contributed by atoms with E-state index in [-0.39, 0.29) is 37.2 Å². The molecule has 8 atom stereocenters. The van der Waals surface area contributed by atoms with E-state index in [1.165, 1.54) is 0 Å². The molecule has 0 spiro atoms. The normalized spacial score (nSPS) is 41.5. The van der Waals surface area contributed by atoms with Gasteiger partial charge in [0.05, 0.1) is 23.0 Å². The lowest BCUT2D eigenvalue weighted by Crippen LogP contribution is -2.65. The van der Waals surface area contributed by atoms with Crippen molar-refractivity contribution < 1.29 is 38.5 Å². The third-order valence-corrected chi connectivity index (χ3v) is 8.13. The Balaban J connectivity index is 1.85. The highest BCUT2D eigenvalue weighted by Crippen LogP contribution is 2.69. The van der Waals surface area contributed by atoms with Crippen molar-refractivity contribution in [2.45, 2.75) is 91.8 Å². The van der Waals surface area contributed by atoms with Gasteiger partial charge in [-0.05, 0) is 48.0 Å². The summed E-state index contributed by atoms with van der Waals surface area (Å²) < 4.78 is 18.0. The van der Waals surface area contributed by atoms with E-state index < -0.39 is 70.0 Å². The molecule has 1 saturated heterocycles. The van der Waals surface area contributed by atoms with Crippen molar-refractivity contribution in [2.24, 2.45) is 33.5 Å². The van der Waals surface area contributed by atoms with Crippen molar-refractivity contribution in [3.8, 4) is 0 Å². The lowest BCUT2D eigenvalue weighted by atomic mass is 9.47. The number of hydrogen-bond acceptors (Lipinski definition) is 8. The quantitative estimate of drug-likeness (QED) is 0.488. The van der Waals surface area contributed by atoms with Crippen molar-refractivity contribution in [3.05, 3.63) is 12.7 Å². The molecule has 3 aliphatic carbocycles. The van der Waals surface area contributed by atoms with E-state index in [1.54, 1.807) is 47.6 Å². The first-order valence-corrected chi connectivity index (χ1v) is 12.0. The first kappa shape index (κ1) is 25.0. The summed E-state index contributed by atoms with van der Waals surface area (Å²) in [6.07, 6.45) is -1.87. The number of rotatable bonds is 3. The third-order valence-electron chi connectivity index (χ3n) is 8.13. The van der Waals surface area contributed by atoms with Crippen LogP contribution in [0.4, 0.5) is 0 Å². The maximum absolute atomic E-state index is 13.7. The summed E-state index contributed by atoms with van der Waals surface area (Å²) in [5.74, 6) is -2.43. The summed E-state index contributed by atoms with van der Waals surface area (Å²) in [5, 5.41) is 11.1. The Morgan fingerprint density at radius 2 is 1.62 bits per heavy atom. The van der Waals surface area contributed by atoms with E-state index >= 15 is 0 Å². The topological polar surface area (TPSA) is 116 Å². The molecule has 8 nitrogen and oxygen atoms in total. The molecule has 0 aromatic heterocycles.